The molecule has 1 aliphatic rings. The fourth-order valence-electron chi connectivity index (χ4n) is 4.88. The van der Waals surface area contributed by atoms with Gasteiger partial charge >= 0.3 is 0 Å². The molecule has 2 amide bonds. The summed E-state index contributed by atoms with van der Waals surface area (Å²) in [7, 11) is 0. The normalized spacial score (nSPS) is 14.5. The molecule has 0 aliphatic heterocycles. The third kappa shape index (κ3) is 8.91. The van der Waals surface area contributed by atoms with E-state index in [4.69, 9.17) is 34.8 Å². The topological polar surface area (TPSA) is 49.4 Å². The van der Waals surface area contributed by atoms with Crippen molar-refractivity contribution < 1.29 is 9.59 Å². The molecule has 0 aromatic heterocycles. The lowest BCUT2D eigenvalue weighted by molar-refractivity contribution is -0.139. The Kier molecular flexibility index (Phi) is 11.5. The highest BCUT2D eigenvalue weighted by Gasteiger charge is 2.32. The second-order valence-corrected chi connectivity index (χ2v) is 12.1. The summed E-state index contributed by atoms with van der Waals surface area (Å²) in [6, 6.07) is 22.2. The molecule has 1 N–H and O–H groups in total. The van der Waals surface area contributed by atoms with Crippen LogP contribution in [-0.2, 0) is 28.3 Å². The number of rotatable bonds is 11. The fourth-order valence-corrected chi connectivity index (χ4v) is 6.65. The molecule has 1 fully saturated rings. The Morgan fingerprint density at radius 2 is 1.51 bits per heavy atom. The fraction of sp³-hybridized carbons (Fsp3) is 0.355. The second kappa shape index (κ2) is 15.0. The van der Waals surface area contributed by atoms with E-state index in [1.54, 1.807) is 23.1 Å². The largest absolute Gasteiger partial charge is 0.352 e. The standard InChI is InChI=1S/C31H33Cl3N2O2S/c32-24-16-14-23(15-17-24)19-36(30(37)21-39-20-26-27(33)12-7-13-28(26)34)29(18-22-8-3-1-4-9-22)31(38)35-25-10-5-2-6-11-25/h1,3-4,7-9,12-17,25,29H,2,5-6,10-11,18-21H2,(H,35,38)/t29-/m0/s1. The van der Waals surface area contributed by atoms with Gasteiger partial charge in [-0.15, -0.1) is 11.8 Å². The van der Waals surface area contributed by atoms with Crippen molar-refractivity contribution in [1.29, 1.82) is 0 Å². The zero-order valence-electron chi connectivity index (χ0n) is 21.8. The minimum atomic E-state index is -0.651. The van der Waals surface area contributed by atoms with Crippen LogP contribution in [0.4, 0.5) is 0 Å². The van der Waals surface area contributed by atoms with Gasteiger partial charge in [0.1, 0.15) is 6.04 Å². The second-order valence-electron chi connectivity index (χ2n) is 9.89. The Bertz CT molecular complexity index is 1210. The maximum Gasteiger partial charge on any atom is 0.243 e. The molecular formula is C31H33Cl3N2O2S. The minimum absolute atomic E-state index is 0.104. The number of nitrogens with zero attached hydrogens (tertiary/aromatic N) is 1. The molecular weight excluding hydrogens is 571 g/mol. The number of carbonyl (C=O) groups is 2. The van der Waals surface area contributed by atoms with E-state index >= 15 is 0 Å². The van der Waals surface area contributed by atoms with Gasteiger partial charge in [-0.1, -0.05) is 103 Å². The molecule has 1 aliphatic carbocycles. The first-order valence-corrected chi connectivity index (χ1v) is 15.6. The molecule has 206 valence electrons. The first kappa shape index (κ1) is 29.8. The zero-order valence-corrected chi connectivity index (χ0v) is 24.8. The van der Waals surface area contributed by atoms with E-state index in [1.807, 2.05) is 54.6 Å². The summed E-state index contributed by atoms with van der Waals surface area (Å²) in [6.07, 6.45) is 5.81. The van der Waals surface area contributed by atoms with Crippen LogP contribution in [0.15, 0.2) is 72.8 Å². The van der Waals surface area contributed by atoms with Crippen LogP contribution in [0.5, 0.6) is 0 Å². The summed E-state index contributed by atoms with van der Waals surface area (Å²) in [5, 5.41) is 5.05. The predicted octanol–water partition coefficient (Wildman–Crippen LogP) is 7.97. The van der Waals surface area contributed by atoms with E-state index in [9.17, 15) is 9.59 Å². The van der Waals surface area contributed by atoms with E-state index in [2.05, 4.69) is 5.32 Å². The lowest BCUT2D eigenvalue weighted by atomic mass is 9.94. The summed E-state index contributed by atoms with van der Waals surface area (Å²) in [6.45, 7) is 0.305. The number of thioether (sulfide) groups is 1. The van der Waals surface area contributed by atoms with Gasteiger partial charge in [-0.25, -0.2) is 0 Å². The van der Waals surface area contributed by atoms with Crippen molar-refractivity contribution in [3.8, 4) is 0 Å². The van der Waals surface area contributed by atoms with Gasteiger partial charge in [-0.3, -0.25) is 9.59 Å². The molecule has 4 rings (SSSR count). The summed E-state index contributed by atoms with van der Waals surface area (Å²) < 4.78 is 0. The zero-order chi connectivity index (χ0) is 27.6. The summed E-state index contributed by atoms with van der Waals surface area (Å²) >= 11 is 20.3. The summed E-state index contributed by atoms with van der Waals surface area (Å²) in [5.74, 6) is 0.471. The van der Waals surface area contributed by atoms with E-state index in [0.717, 1.165) is 42.4 Å². The molecule has 39 heavy (non-hydrogen) atoms. The van der Waals surface area contributed by atoms with Crippen LogP contribution in [0.1, 0.15) is 48.8 Å². The highest BCUT2D eigenvalue weighted by molar-refractivity contribution is 7.99. The van der Waals surface area contributed by atoms with Crippen LogP contribution in [0.2, 0.25) is 15.1 Å². The number of carbonyl (C=O) groups excluding carboxylic acids is 2. The number of benzene rings is 3. The quantitative estimate of drug-likeness (QED) is 0.242. The van der Waals surface area contributed by atoms with Gasteiger partial charge in [-0.2, -0.15) is 0 Å². The van der Waals surface area contributed by atoms with Gasteiger partial charge in [0, 0.05) is 39.8 Å². The third-order valence-corrected chi connectivity index (χ3v) is 8.93. The Morgan fingerprint density at radius 3 is 2.18 bits per heavy atom. The number of nitrogens with one attached hydrogen (secondary N) is 1. The SMILES string of the molecule is O=C(NC1CCCCC1)[C@H](Cc1ccccc1)N(Cc1ccc(Cl)cc1)C(=O)CSCc1c(Cl)cccc1Cl. The Labute approximate surface area is 250 Å². The monoisotopic (exact) mass is 602 g/mol. The van der Waals surface area contributed by atoms with E-state index in [0.29, 0.717) is 33.8 Å². The lowest BCUT2D eigenvalue weighted by Gasteiger charge is -2.33. The van der Waals surface area contributed by atoms with Crippen LogP contribution in [0, 0.1) is 0 Å². The van der Waals surface area contributed by atoms with Crippen molar-refractivity contribution in [2.24, 2.45) is 0 Å². The molecule has 0 bridgehead atoms. The van der Waals surface area contributed by atoms with Crippen molar-refractivity contribution >= 4 is 58.4 Å². The van der Waals surface area contributed by atoms with Gasteiger partial charge in [0.15, 0.2) is 0 Å². The van der Waals surface area contributed by atoms with E-state index in [1.165, 1.54) is 18.2 Å². The predicted molar refractivity (Wildman–Crippen MR) is 164 cm³/mol. The third-order valence-electron chi connectivity index (χ3n) is 7.02. The van der Waals surface area contributed by atoms with Gasteiger partial charge in [0.05, 0.1) is 5.75 Å². The molecule has 0 radical (unpaired) electrons. The van der Waals surface area contributed by atoms with Crippen LogP contribution in [0.3, 0.4) is 0 Å². The van der Waals surface area contributed by atoms with E-state index in [-0.39, 0.29) is 23.6 Å². The van der Waals surface area contributed by atoms with Crippen molar-refractivity contribution in [3.05, 3.63) is 105 Å². The Morgan fingerprint density at radius 1 is 0.846 bits per heavy atom. The van der Waals surface area contributed by atoms with Crippen LogP contribution < -0.4 is 5.32 Å². The van der Waals surface area contributed by atoms with Gasteiger partial charge in [0.2, 0.25) is 11.8 Å². The Balaban J connectivity index is 1.57. The molecule has 1 saturated carbocycles. The number of hydrogen-bond acceptors (Lipinski definition) is 3. The molecule has 0 saturated heterocycles. The van der Waals surface area contributed by atoms with Gasteiger partial charge in [-0.05, 0) is 53.8 Å². The van der Waals surface area contributed by atoms with Crippen LogP contribution >= 0.6 is 46.6 Å². The maximum atomic E-state index is 13.8. The smallest absolute Gasteiger partial charge is 0.243 e. The van der Waals surface area contributed by atoms with Crippen molar-refractivity contribution in [3.63, 3.8) is 0 Å². The van der Waals surface area contributed by atoms with Crippen molar-refractivity contribution in [2.45, 2.75) is 62.9 Å². The highest BCUT2D eigenvalue weighted by atomic mass is 35.5. The molecule has 0 spiro atoms. The molecule has 0 heterocycles. The lowest BCUT2D eigenvalue weighted by Crippen LogP contribution is -2.53. The molecule has 3 aromatic rings. The van der Waals surface area contributed by atoms with Crippen LogP contribution in [-0.4, -0.2) is 34.6 Å². The highest BCUT2D eigenvalue weighted by Crippen LogP contribution is 2.29. The molecule has 8 heteroatoms. The first-order chi connectivity index (χ1) is 18.9. The first-order valence-electron chi connectivity index (χ1n) is 13.3. The van der Waals surface area contributed by atoms with Gasteiger partial charge < -0.3 is 10.2 Å². The van der Waals surface area contributed by atoms with Crippen molar-refractivity contribution in [2.75, 3.05) is 5.75 Å². The molecule has 3 aromatic carbocycles. The molecule has 1 atom stereocenters. The Hall–Kier alpha value is -2.18. The number of hydrogen-bond donors (Lipinski definition) is 1. The summed E-state index contributed by atoms with van der Waals surface area (Å²) in [5.41, 5.74) is 2.72. The number of amides is 2. The average molecular weight is 604 g/mol. The maximum absolute atomic E-state index is 13.8. The van der Waals surface area contributed by atoms with Crippen LogP contribution in [0.25, 0.3) is 0 Å². The number of halogens is 3. The summed E-state index contributed by atoms with van der Waals surface area (Å²) in [4.78, 5) is 29.4. The molecule has 4 nitrogen and oxygen atoms in total. The molecule has 0 unspecified atom stereocenters. The minimum Gasteiger partial charge on any atom is -0.352 e. The van der Waals surface area contributed by atoms with E-state index < -0.39 is 6.04 Å². The van der Waals surface area contributed by atoms with Crippen molar-refractivity contribution in [1.82, 2.24) is 10.2 Å². The van der Waals surface area contributed by atoms with Gasteiger partial charge in [0.25, 0.3) is 0 Å². The average Bonchev–Trinajstić information content (AvgIpc) is 2.94.